The molecule has 0 saturated carbocycles. The van der Waals surface area contributed by atoms with E-state index < -0.39 is 0 Å². The van der Waals surface area contributed by atoms with Crippen LogP contribution in [0, 0.1) is 6.92 Å². The van der Waals surface area contributed by atoms with Gasteiger partial charge in [-0.3, -0.25) is 0 Å². The minimum Gasteiger partial charge on any atom is -0.496 e. The molecule has 1 nitrogen and oxygen atoms in total. The monoisotopic (exact) mass is 188 g/mol. The summed E-state index contributed by atoms with van der Waals surface area (Å²) < 4.78 is 5.34. The number of fused-ring (bicyclic) bond motifs is 1. The molecule has 1 heteroatoms. The first-order valence-corrected chi connectivity index (χ1v) is 5.07. The Labute approximate surface area is 85.4 Å². The molecule has 0 radical (unpaired) electrons. The highest BCUT2D eigenvalue weighted by molar-refractivity contribution is 5.61. The largest absolute Gasteiger partial charge is 0.496 e. The first-order chi connectivity index (χ1) is 6.72. The second-order valence-corrected chi connectivity index (χ2v) is 3.99. The van der Waals surface area contributed by atoms with Gasteiger partial charge in [0, 0.05) is 0 Å². The van der Waals surface area contributed by atoms with Crippen LogP contribution in [0.3, 0.4) is 0 Å². The molecule has 0 N–H and O–H groups in total. The summed E-state index contributed by atoms with van der Waals surface area (Å²) in [6.45, 7) is 4.35. The van der Waals surface area contributed by atoms with Gasteiger partial charge in [0.1, 0.15) is 5.75 Å². The van der Waals surface area contributed by atoms with E-state index >= 15 is 0 Å². The van der Waals surface area contributed by atoms with Crippen LogP contribution < -0.4 is 4.74 Å². The highest BCUT2D eigenvalue weighted by atomic mass is 16.5. The molecule has 2 rings (SSSR count). The molecule has 0 aliphatic heterocycles. The van der Waals surface area contributed by atoms with Gasteiger partial charge in [0.05, 0.1) is 7.11 Å². The molecule has 0 bridgehead atoms. The fourth-order valence-corrected chi connectivity index (χ4v) is 2.04. The molecule has 0 saturated heterocycles. The number of ether oxygens (including phenoxy) is 1. The molecule has 1 aromatic rings. The normalized spacial score (nSPS) is 19.2. The van der Waals surface area contributed by atoms with E-state index in [4.69, 9.17) is 4.74 Å². The lowest BCUT2D eigenvalue weighted by Gasteiger charge is -2.19. The summed E-state index contributed by atoms with van der Waals surface area (Å²) in [7, 11) is 1.73. The lowest BCUT2D eigenvalue weighted by atomic mass is 9.87. The third-order valence-electron chi connectivity index (χ3n) is 2.92. The molecule has 0 heterocycles. The van der Waals surface area contributed by atoms with Crippen LogP contribution in [0.15, 0.2) is 18.2 Å². The first-order valence-electron chi connectivity index (χ1n) is 5.07. The zero-order valence-corrected chi connectivity index (χ0v) is 9.00. The van der Waals surface area contributed by atoms with Crippen molar-refractivity contribution >= 4 is 6.08 Å². The highest BCUT2D eigenvalue weighted by Gasteiger charge is 2.14. The molecule has 0 unspecified atom stereocenters. The molecule has 1 atom stereocenters. The quantitative estimate of drug-likeness (QED) is 0.655. The second-order valence-electron chi connectivity index (χ2n) is 3.99. The van der Waals surface area contributed by atoms with Gasteiger partial charge in [-0.25, -0.2) is 0 Å². The van der Waals surface area contributed by atoms with Crippen molar-refractivity contribution in [1.29, 1.82) is 0 Å². The minimum absolute atomic E-state index is 0.615. The summed E-state index contributed by atoms with van der Waals surface area (Å²) in [5, 5.41) is 0. The van der Waals surface area contributed by atoms with Crippen molar-refractivity contribution in [3.05, 3.63) is 34.9 Å². The number of aryl methyl sites for hydroxylation is 1. The molecular weight excluding hydrogens is 172 g/mol. The summed E-state index contributed by atoms with van der Waals surface area (Å²) >= 11 is 0. The number of hydrogen-bond donors (Lipinski definition) is 0. The summed E-state index contributed by atoms with van der Waals surface area (Å²) in [5.41, 5.74) is 3.97. The maximum Gasteiger partial charge on any atom is 0.122 e. The van der Waals surface area contributed by atoms with E-state index in [1.54, 1.807) is 7.11 Å². The van der Waals surface area contributed by atoms with Gasteiger partial charge in [0.2, 0.25) is 0 Å². The predicted octanol–water partition coefficient (Wildman–Crippen LogP) is 3.52. The van der Waals surface area contributed by atoms with Crippen LogP contribution in [-0.2, 0) is 0 Å². The van der Waals surface area contributed by atoms with Crippen LogP contribution in [0.25, 0.3) is 6.08 Å². The van der Waals surface area contributed by atoms with Crippen LogP contribution in [0.1, 0.15) is 36.0 Å². The molecule has 74 valence electrons. The minimum atomic E-state index is 0.615. The molecular formula is C13H16O. The molecule has 1 aliphatic rings. The third kappa shape index (κ3) is 1.43. The smallest absolute Gasteiger partial charge is 0.122 e. The highest BCUT2D eigenvalue weighted by Crippen LogP contribution is 2.33. The van der Waals surface area contributed by atoms with E-state index in [0.717, 1.165) is 12.2 Å². The fraction of sp³-hybridized carbons (Fsp3) is 0.385. The number of benzene rings is 1. The maximum absolute atomic E-state index is 5.34. The zero-order chi connectivity index (χ0) is 10.1. The topological polar surface area (TPSA) is 9.23 Å². The van der Waals surface area contributed by atoms with Gasteiger partial charge in [-0.2, -0.15) is 0 Å². The van der Waals surface area contributed by atoms with Crippen molar-refractivity contribution in [2.45, 2.75) is 26.2 Å². The Morgan fingerprint density at radius 1 is 1.36 bits per heavy atom. The average Bonchev–Trinajstić information content (AvgIpc) is 2.17. The molecule has 1 aromatic carbocycles. The van der Waals surface area contributed by atoms with Gasteiger partial charge in [0.15, 0.2) is 0 Å². The molecule has 0 spiro atoms. The molecule has 0 aromatic heterocycles. The van der Waals surface area contributed by atoms with Crippen LogP contribution in [-0.4, -0.2) is 7.11 Å². The van der Waals surface area contributed by atoms with Gasteiger partial charge >= 0.3 is 0 Å². The van der Waals surface area contributed by atoms with Gasteiger partial charge in [-0.15, -0.1) is 0 Å². The van der Waals surface area contributed by atoms with E-state index in [2.05, 4.69) is 38.1 Å². The summed E-state index contributed by atoms with van der Waals surface area (Å²) in [6, 6.07) is 4.39. The summed E-state index contributed by atoms with van der Waals surface area (Å²) in [5.74, 6) is 1.62. The van der Waals surface area contributed by atoms with Crippen molar-refractivity contribution in [2.75, 3.05) is 7.11 Å². The Bertz CT molecular complexity index is 377. The Morgan fingerprint density at radius 3 is 2.86 bits per heavy atom. The van der Waals surface area contributed by atoms with E-state index in [0.29, 0.717) is 5.92 Å². The van der Waals surface area contributed by atoms with Crippen molar-refractivity contribution in [1.82, 2.24) is 0 Å². The lowest BCUT2D eigenvalue weighted by molar-refractivity contribution is 0.410. The number of hydrogen-bond acceptors (Lipinski definition) is 1. The predicted molar refractivity (Wildman–Crippen MR) is 59.8 cm³/mol. The van der Waals surface area contributed by atoms with Gasteiger partial charge in [-0.1, -0.05) is 19.1 Å². The zero-order valence-electron chi connectivity index (χ0n) is 9.00. The maximum atomic E-state index is 5.34. The standard InChI is InChI=1S/C13H16O/c1-9-5-4-6-11-7-10(2)13(14-3)8-12(9)11/h4,6-9H,5H2,1-3H3/t9-/m1/s1. The molecule has 0 fully saturated rings. The number of rotatable bonds is 1. The number of methoxy groups -OCH3 is 1. The lowest BCUT2D eigenvalue weighted by Crippen LogP contribution is -2.01. The van der Waals surface area contributed by atoms with Crippen LogP contribution in [0.5, 0.6) is 5.75 Å². The first kappa shape index (κ1) is 9.32. The Kier molecular flexibility index (Phi) is 2.32. The van der Waals surface area contributed by atoms with Crippen molar-refractivity contribution in [3.8, 4) is 5.75 Å². The van der Waals surface area contributed by atoms with Gasteiger partial charge in [-0.05, 0) is 48.1 Å². The fourth-order valence-electron chi connectivity index (χ4n) is 2.04. The molecule has 14 heavy (non-hydrogen) atoms. The van der Waals surface area contributed by atoms with Crippen LogP contribution in [0.2, 0.25) is 0 Å². The van der Waals surface area contributed by atoms with E-state index in [1.807, 2.05) is 0 Å². The Balaban J connectivity index is 2.56. The van der Waals surface area contributed by atoms with Crippen LogP contribution >= 0.6 is 0 Å². The van der Waals surface area contributed by atoms with Crippen molar-refractivity contribution < 1.29 is 4.74 Å². The summed E-state index contributed by atoms with van der Waals surface area (Å²) in [4.78, 5) is 0. The molecule has 1 aliphatic carbocycles. The second kappa shape index (κ2) is 3.49. The van der Waals surface area contributed by atoms with Crippen LogP contribution in [0.4, 0.5) is 0 Å². The van der Waals surface area contributed by atoms with E-state index in [9.17, 15) is 0 Å². The molecule has 0 amide bonds. The third-order valence-corrected chi connectivity index (χ3v) is 2.92. The SMILES string of the molecule is COc1cc2c(cc1C)C=CC[C@H]2C. The number of allylic oxidation sites excluding steroid dienone is 1. The Morgan fingerprint density at radius 2 is 2.14 bits per heavy atom. The Hall–Kier alpha value is -1.24. The summed E-state index contributed by atoms with van der Waals surface area (Å²) in [6.07, 6.45) is 5.60. The van der Waals surface area contributed by atoms with Crippen molar-refractivity contribution in [3.63, 3.8) is 0 Å². The van der Waals surface area contributed by atoms with Gasteiger partial charge < -0.3 is 4.74 Å². The van der Waals surface area contributed by atoms with E-state index in [-0.39, 0.29) is 0 Å². The van der Waals surface area contributed by atoms with Gasteiger partial charge in [0.25, 0.3) is 0 Å². The van der Waals surface area contributed by atoms with Crippen molar-refractivity contribution in [2.24, 2.45) is 0 Å². The van der Waals surface area contributed by atoms with E-state index in [1.165, 1.54) is 16.7 Å². The average molecular weight is 188 g/mol.